The summed E-state index contributed by atoms with van der Waals surface area (Å²) >= 11 is 0. The topological polar surface area (TPSA) is 151 Å². The molecule has 0 radical (unpaired) electrons. The van der Waals surface area contributed by atoms with Crippen LogP contribution >= 0.6 is 7.82 Å². The first kappa shape index (κ1) is 50.9. The Morgan fingerprint density at radius 2 is 1.10 bits per heavy atom. The van der Waals surface area contributed by atoms with Crippen LogP contribution in [0.1, 0.15) is 200 Å². The minimum Gasteiger partial charge on any atom is -0.393 e. The van der Waals surface area contributed by atoms with E-state index in [0.717, 1.165) is 32.1 Å². The number of unbranched alkanes of at least 4 members (excludes halogenated alkanes) is 24. The van der Waals surface area contributed by atoms with E-state index in [1.165, 1.54) is 135 Å². The molecule has 0 aromatic rings. The third-order valence-electron chi connectivity index (χ3n) is 9.58. The van der Waals surface area contributed by atoms with E-state index in [1.807, 2.05) is 6.08 Å². The average molecular weight is 759 g/mol. The van der Waals surface area contributed by atoms with Gasteiger partial charge in [-0.15, -0.1) is 0 Å². The minimum absolute atomic E-state index is 0.0459. The molecule has 10 heteroatoms. The van der Waals surface area contributed by atoms with Crippen molar-refractivity contribution in [3.8, 4) is 0 Å². The van der Waals surface area contributed by atoms with Crippen LogP contribution in [0.15, 0.2) is 24.3 Å². The van der Waals surface area contributed by atoms with E-state index in [4.69, 9.17) is 14.8 Å². The molecule has 0 aliphatic carbocycles. The molecule has 0 saturated heterocycles. The van der Waals surface area contributed by atoms with Crippen molar-refractivity contribution in [3.05, 3.63) is 24.3 Å². The van der Waals surface area contributed by atoms with Crippen LogP contribution in [0, 0.1) is 0 Å². The summed E-state index contributed by atoms with van der Waals surface area (Å²) in [5.74, 6) is -0.456. The molecule has 308 valence electrons. The summed E-state index contributed by atoms with van der Waals surface area (Å²) in [5, 5.41) is 23.9. The lowest BCUT2D eigenvalue weighted by Gasteiger charge is -2.24. The van der Waals surface area contributed by atoms with Crippen LogP contribution in [0.4, 0.5) is 0 Å². The number of nitrogens with one attached hydrogen (secondary N) is 1. The van der Waals surface area contributed by atoms with Crippen LogP contribution in [-0.2, 0) is 18.4 Å². The molecule has 4 atom stereocenters. The summed E-state index contributed by atoms with van der Waals surface area (Å²) in [7, 11) is -4.40. The molecule has 0 aliphatic rings. The Balaban J connectivity index is 4.34. The van der Waals surface area contributed by atoms with Crippen LogP contribution in [0.5, 0.6) is 0 Å². The monoisotopic (exact) mass is 759 g/mol. The van der Waals surface area contributed by atoms with Crippen LogP contribution in [0.3, 0.4) is 0 Å². The molecule has 0 fully saturated rings. The summed E-state index contributed by atoms with van der Waals surface area (Å²) in [6.07, 6.45) is 39.9. The van der Waals surface area contributed by atoms with Crippen molar-refractivity contribution in [3.63, 3.8) is 0 Å². The molecule has 0 bridgehead atoms. The molecule has 0 rings (SSSR count). The van der Waals surface area contributed by atoms with Crippen molar-refractivity contribution in [1.29, 1.82) is 0 Å². The van der Waals surface area contributed by atoms with Crippen molar-refractivity contribution < 1.29 is 33.5 Å². The molecule has 0 aromatic heterocycles. The number of carbonyl (C=O) groups is 1. The van der Waals surface area contributed by atoms with Gasteiger partial charge >= 0.3 is 7.82 Å². The molecule has 4 unspecified atom stereocenters. The molecular weight excluding hydrogens is 675 g/mol. The Morgan fingerprint density at radius 1 is 0.654 bits per heavy atom. The van der Waals surface area contributed by atoms with Crippen LogP contribution in [-0.4, -0.2) is 59.0 Å². The fourth-order valence-electron chi connectivity index (χ4n) is 6.31. The molecule has 52 heavy (non-hydrogen) atoms. The number of nitrogens with two attached hydrogens (primary N) is 1. The van der Waals surface area contributed by atoms with Crippen molar-refractivity contribution in [2.45, 2.75) is 218 Å². The third-order valence-corrected chi connectivity index (χ3v) is 10.6. The summed E-state index contributed by atoms with van der Waals surface area (Å²) in [4.78, 5) is 22.7. The van der Waals surface area contributed by atoms with Gasteiger partial charge in [-0.3, -0.25) is 13.8 Å². The molecule has 6 N–H and O–H groups in total. The van der Waals surface area contributed by atoms with Crippen molar-refractivity contribution in [2.24, 2.45) is 5.73 Å². The van der Waals surface area contributed by atoms with Gasteiger partial charge < -0.3 is 26.2 Å². The third kappa shape index (κ3) is 35.9. The number of carbonyl (C=O) groups excluding carboxylic acids is 1. The molecular formula is C42H83N2O7P. The standard InChI is InChI=1S/C42H83N2O7P/c1-3-5-7-9-11-13-15-16-17-18-19-20-21-22-23-24-26-28-30-32-34-41(46)40(38-51-52(48,49)50-36-35-43)44-42(47)37-39(45)33-31-29-27-25-14-12-10-8-6-4-2/h24,26,32,34,39-41,45-46H,3-23,25,27-31,33,35-38,43H2,1-2H3,(H,44,47)(H,48,49)/b26-24+,34-32+. The van der Waals surface area contributed by atoms with Gasteiger partial charge in [0.05, 0.1) is 37.9 Å². The first-order valence-electron chi connectivity index (χ1n) is 21.5. The summed E-state index contributed by atoms with van der Waals surface area (Å²) in [6, 6.07) is -0.994. The molecule has 0 aromatic carbocycles. The zero-order valence-electron chi connectivity index (χ0n) is 33.7. The fraction of sp³-hybridized carbons (Fsp3) is 0.881. The normalized spacial score (nSPS) is 15.0. The number of hydrogen-bond acceptors (Lipinski definition) is 7. The summed E-state index contributed by atoms with van der Waals surface area (Å²) in [5.41, 5.74) is 5.35. The maximum atomic E-state index is 12.8. The van der Waals surface area contributed by atoms with Crippen molar-refractivity contribution >= 4 is 13.7 Å². The Hall–Kier alpha value is -1.06. The van der Waals surface area contributed by atoms with Gasteiger partial charge in [0.25, 0.3) is 0 Å². The first-order valence-corrected chi connectivity index (χ1v) is 23.0. The van der Waals surface area contributed by atoms with Crippen LogP contribution < -0.4 is 11.1 Å². The van der Waals surface area contributed by atoms with E-state index < -0.39 is 38.6 Å². The molecule has 0 saturated carbocycles. The highest BCUT2D eigenvalue weighted by Gasteiger charge is 2.27. The number of allylic oxidation sites excluding steroid dienone is 3. The van der Waals surface area contributed by atoms with Gasteiger partial charge in [-0.1, -0.05) is 186 Å². The molecule has 9 nitrogen and oxygen atoms in total. The lowest BCUT2D eigenvalue weighted by atomic mass is 10.0. The van der Waals surface area contributed by atoms with E-state index in [-0.39, 0.29) is 19.6 Å². The fourth-order valence-corrected chi connectivity index (χ4v) is 7.07. The number of amides is 1. The predicted octanol–water partition coefficient (Wildman–Crippen LogP) is 10.8. The van der Waals surface area contributed by atoms with Gasteiger partial charge in [0.2, 0.25) is 5.91 Å². The van der Waals surface area contributed by atoms with Gasteiger partial charge in [0.15, 0.2) is 0 Å². The van der Waals surface area contributed by atoms with E-state index in [9.17, 15) is 24.5 Å². The minimum atomic E-state index is -4.40. The lowest BCUT2D eigenvalue weighted by Crippen LogP contribution is -2.46. The zero-order valence-corrected chi connectivity index (χ0v) is 34.6. The number of phosphoric ester groups is 1. The van der Waals surface area contributed by atoms with Gasteiger partial charge in [-0.25, -0.2) is 4.57 Å². The SMILES string of the molecule is CCCCCCCCCCCCCCCC/C=C/CC/C=C/C(O)C(COP(=O)(O)OCCN)NC(=O)CC(O)CCCCCCCCCCCC. The summed E-state index contributed by atoms with van der Waals surface area (Å²) < 4.78 is 22.0. The Morgan fingerprint density at radius 3 is 1.60 bits per heavy atom. The predicted molar refractivity (Wildman–Crippen MR) is 218 cm³/mol. The second-order valence-corrected chi connectivity index (χ2v) is 16.2. The first-order chi connectivity index (χ1) is 25.3. The Labute approximate surface area is 320 Å². The lowest BCUT2D eigenvalue weighted by molar-refractivity contribution is -0.124. The van der Waals surface area contributed by atoms with E-state index in [0.29, 0.717) is 12.8 Å². The number of hydrogen-bond donors (Lipinski definition) is 5. The Bertz CT molecular complexity index is 888. The van der Waals surface area contributed by atoms with Gasteiger partial charge in [0.1, 0.15) is 0 Å². The number of phosphoric acid groups is 1. The van der Waals surface area contributed by atoms with Crippen molar-refractivity contribution in [1.82, 2.24) is 5.32 Å². The van der Waals surface area contributed by atoms with Gasteiger partial charge in [0, 0.05) is 6.54 Å². The highest BCUT2D eigenvalue weighted by atomic mass is 31.2. The molecule has 0 heterocycles. The van der Waals surface area contributed by atoms with Gasteiger partial charge in [-0.05, 0) is 32.1 Å². The average Bonchev–Trinajstić information content (AvgIpc) is 3.12. The second kappa shape index (κ2) is 38.2. The van der Waals surface area contributed by atoms with Crippen molar-refractivity contribution in [2.75, 3.05) is 19.8 Å². The highest BCUT2D eigenvalue weighted by molar-refractivity contribution is 7.47. The highest BCUT2D eigenvalue weighted by Crippen LogP contribution is 2.43. The van der Waals surface area contributed by atoms with E-state index in [1.54, 1.807) is 6.08 Å². The number of rotatable bonds is 40. The molecule has 0 aliphatic heterocycles. The number of aliphatic hydroxyl groups excluding tert-OH is 2. The number of aliphatic hydroxyl groups is 2. The maximum Gasteiger partial charge on any atom is 0.472 e. The van der Waals surface area contributed by atoms with Crippen LogP contribution in [0.25, 0.3) is 0 Å². The molecule has 0 spiro atoms. The van der Waals surface area contributed by atoms with Gasteiger partial charge in [-0.2, -0.15) is 0 Å². The Kier molecular flexibility index (Phi) is 37.4. The van der Waals surface area contributed by atoms with Crippen LogP contribution in [0.2, 0.25) is 0 Å². The molecule has 1 amide bonds. The van der Waals surface area contributed by atoms with E-state index >= 15 is 0 Å². The largest absolute Gasteiger partial charge is 0.472 e. The summed E-state index contributed by atoms with van der Waals surface area (Å²) in [6.45, 7) is 3.94. The second-order valence-electron chi connectivity index (χ2n) is 14.7. The van der Waals surface area contributed by atoms with E-state index in [2.05, 4.69) is 31.3 Å². The zero-order chi connectivity index (χ0) is 38.4. The quantitative estimate of drug-likeness (QED) is 0.0235. The maximum absolute atomic E-state index is 12.8. The smallest absolute Gasteiger partial charge is 0.393 e.